The number of nitrogens with one attached hydrogen (secondary N) is 1. The monoisotopic (exact) mass is 432 g/mol. The Bertz CT molecular complexity index is 1020. The maximum Gasteiger partial charge on any atom is 0.267 e. The van der Waals surface area contributed by atoms with Crippen molar-refractivity contribution in [1.29, 1.82) is 0 Å². The Morgan fingerprint density at radius 1 is 1.14 bits per heavy atom. The lowest BCUT2D eigenvalue weighted by molar-refractivity contribution is 0.102. The molecule has 8 heteroatoms. The highest BCUT2D eigenvalue weighted by Gasteiger charge is 2.19. The smallest absolute Gasteiger partial charge is 0.267 e. The predicted octanol–water partition coefficient (Wildman–Crippen LogP) is 5.44. The van der Waals surface area contributed by atoms with Gasteiger partial charge in [-0.15, -0.1) is 11.3 Å². The molecule has 0 bridgehead atoms. The minimum Gasteiger partial charge on any atom is -0.495 e. The van der Waals surface area contributed by atoms with Crippen molar-refractivity contribution in [3.63, 3.8) is 0 Å². The van der Waals surface area contributed by atoms with Gasteiger partial charge >= 0.3 is 0 Å². The second-order valence-corrected chi connectivity index (χ2v) is 7.44. The molecular weight excluding hydrogens is 412 g/mol. The number of aryl methyl sites for hydroxylation is 1. The van der Waals surface area contributed by atoms with Crippen LogP contribution < -0.4 is 19.5 Å². The van der Waals surface area contributed by atoms with Crippen LogP contribution in [-0.4, -0.2) is 31.7 Å². The second kappa shape index (κ2) is 9.15. The number of methoxy groups -OCH3 is 2. The number of amides is 1. The molecule has 0 saturated heterocycles. The summed E-state index contributed by atoms with van der Waals surface area (Å²) in [4.78, 5) is 17.9. The van der Waals surface area contributed by atoms with E-state index in [-0.39, 0.29) is 5.91 Å². The van der Waals surface area contributed by atoms with Gasteiger partial charge in [0.15, 0.2) is 0 Å². The highest BCUT2D eigenvalue weighted by atomic mass is 35.5. The number of nitrogens with zero attached hydrogens (tertiary/aromatic N) is 1. The van der Waals surface area contributed by atoms with Gasteiger partial charge in [0.05, 0.1) is 37.2 Å². The Balaban J connectivity index is 1.85. The first kappa shape index (κ1) is 21.0. The van der Waals surface area contributed by atoms with Crippen LogP contribution in [0.2, 0.25) is 5.02 Å². The number of halogens is 1. The molecule has 6 nitrogen and oxygen atoms in total. The van der Waals surface area contributed by atoms with E-state index in [9.17, 15) is 4.79 Å². The summed E-state index contributed by atoms with van der Waals surface area (Å²) in [5.74, 6) is 1.43. The number of ether oxygens (including phenoxy) is 3. The number of anilines is 1. The van der Waals surface area contributed by atoms with Crippen molar-refractivity contribution >= 4 is 34.5 Å². The first-order chi connectivity index (χ1) is 14.0. The summed E-state index contributed by atoms with van der Waals surface area (Å²) in [7, 11) is 3.03. The Labute approximate surface area is 178 Å². The summed E-state index contributed by atoms with van der Waals surface area (Å²) in [6, 6.07) is 10.9. The van der Waals surface area contributed by atoms with Gasteiger partial charge < -0.3 is 19.5 Å². The Hall–Kier alpha value is -2.77. The first-order valence-electron chi connectivity index (χ1n) is 8.90. The molecule has 1 aromatic heterocycles. The average Bonchev–Trinajstić information content (AvgIpc) is 3.11. The van der Waals surface area contributed by atoms with Gasteiger partial charge in [0.25, 0.3) is 5.91 Å². The van der Waals surface area contributed by atoms with Crippen molar-refractivity contribution in [3.05, 3.63) is 52.0 Å². The van der Waals surface area contributed by atoms with Crippen LogP contribution in [0, 0.1) is 6.92 Å². The standard InChI is InChI=1S/C21H21ClN2O4S/c1-5-28-14-8-6-13(7-9-14)21-23-12(2)19(29-21)20(25)24-16-10-15(22)17(26-3)11-18(16)27-4/h6-11H,5H2,1-4H3,(H,24,25). The maximum absolute atomic E-state index is 12.9. The number of thiazole rings is 1. The summed E-state index contributed by atoms with van der Waals surface area (Å²) in [6.45, 7) is 4.36. The van der Waals surface area contributed by atoms with E-state index >= 15 is 0 Å². The Morgan fingerprint density at radius 2 is 1.83 bits per heavy atom. The van der Waals surface area contributed by atoms with Crippen LogP contribution in [-0.2, 0) is 0 Å². The van der Waals surface area contributed by atoms with E-state index in [1.807, 2.05) is 38.1 Å². The van der Waals surface area contributed by atoms with Crippen LogP contribution >= 0.6 is 22.9 Å². The van der Waals surface area contributed by atoms with Gasteiger partial charge in [0, 0.05) is 11.6 Å². The molecule has 0 atom stereocenters. The Kier molecular flexibility index (Phi) is 6.61. The van der Waals surface area contributed by atoms with Crippen molar-refractivity contribution < 1.29 is 19.0 Å². The summed E-state index contributed by atoms with van der Waals surface area (Å²) in [5, 5.41) is 3.98. The molecule has 3 aromatic rings. The number of hydrogen-bond acceptors (Lipinski definition) is 6. The molecule has 2 aromatic carbocycles. The number of rotatable bonds is 7. The van der Waals surface area contributed by atoms with Gasteiger partial charge in [-0.05, 0) is 44.2 Å². The summed E-state index contributed by atoms with van der Waals surface area (Å²) < 4.78 is 16.0. The number of carbonyl (C=O) groups is 1. The molecule has 0 radical (unpaired) electrons. The average molecular weight is 433 g/mol. The predicted molar refractivity (Wildman–Crippen MR) is 116 cm³/mol. The molecule has 1 amide bonds. The van der Waals surface area contributed by atoms with Gasteiger partial charge in [0.1, 0.15) is 27.1 Å². The number of hydrogen-bond donors (Lipinski definition) is 1. The largest absolute Gasteiger partial charge is 0.495 e. The van der Waals surface area contributed by atoms with Crippen molar-refractivity contribution in [2.75, 3.05) is 26.1 Å². The second-order valence-electron chi connectivity index (χ2n) is 6.03. The normalized spacial score (nSPS) is 10.5. The molecule has 0 aliphatic carbocycles. The Morgan fingerprint density at radius 3 is 2.45 bits per heavy atom. The van der Waals surface area contributed by atoms with Crippen LogP contribution in [0.15, 0.2) is 36.4 Å². The molecule has 1 N–H and O–H groups in total. The zero-order valence-electron chi connectivity index (χ0n) is 16.5. The summed E-state index contributed by atoms with van der Waals surface area (Å²) in [5.41, 5.74) is 2.03. The van der Waals surface area contributed by atoms with E-state index in [1.165, 1.54) is 25.6 Å². The van der Waals surface area contributed by atoms with Gasteiger partial charge in [-0.2, -0.15) is 0 Å². The number of benzene rings is 2. The molecule has 152 valence electrons. The third-order valence-corrected chi connectivity index (χ3v) is 5.64. The van der Waals surface area contributed by atoms with E-state index in [0.29, 0.717) is 39.4 Å². The van der Waals surface area contributed by atoms with Gasteiger partial charge in [-0.1, -0.05) is 11.6 Å². The fourth-order valence-corrected chi connectivity index (χ4v) is 3.94. The fourth-order valence-electron chi connectivity index (χ4n) is 2.73. The van der Waals surface area contributed by atoms with E-state index in [1.54, 1.807) is 12.1 Å². The molecule has 0 aliphatic rings. The minimum atomic E-state index is -0.281. The first-order valence-corrected chi connectivity index (χ1v) is 10.1. The third-order valence-electron chi connectivity index (χ3n) is 4.14. The summed E-state index contributed by atoms with van der Waals surface area (Å²) in [6.07, 6.45) is 0. The van der Waals surface area contributed by atoms with Gasteiger partial charge in [0.2, 0.25) is 0 Å². The van der Waals surface area contributed by atoms with Crippen LogP contribution in [0.5, 0.6) is 17.2 Å². The van der Waals surface area contributed by atoms with Crippen LogP contribution in [0.4, 0.5) is 5.69 Å². The van der Waals surface area contributed by atoms with Crippen LogP contribution in [0.3, 0.4) is 0 Å². The minimum absolute atomic E-state index is 0.281. The highest BCUT2D eigenvalue weighted by Crippen LogP contribution is 2.37. The molecule has 0 fully saturated rings. The lowest BCUT2D eigenvalue weighted by Crippen LogP contribution is -2.12. The van der Waals surface area contributed by atoms with Gasteiger partial charge in [-0.25, -0.2) is 4.98 Å². The quantitative estimate of drug-likeness (QED) is 0.538. The topological polar surface area (TPSA) is 69.7 Å². The molecule has 0 saturated carbocycles. The highest BCUT2D eigenvalue weighted by molar-refractivity contribution is 7.17. The SMILES string of the molecule is CCOc1ccc(-c2nc(C)c(C(=O)Nc3cc(Cl)c(OC)cc3OC)s2)cc1. The lowest BCUT2D eigenvalue weighted by Gasteiger charge is -2.12. The molecule has 29 heavy (non-hydrogen) atoms. The number of carbonyl (C=O) groups excluding carboxylic acids is 1. The van der Waals surface area contributed by atoms with E-state index in [4.69, 9.17) is 25.8 Å². The van der Waals surface area contributed by atoms with Crippen molar-refractivity contribution in [2.24, 2.45) is 0 Å². The zero-order chi connectivity index (χ0) is 21.0. The van der Waals surface area contributed by atoms with Crippen molar-refractivity contribution in [1.82, 2.24) is 4.98 Å². The molecule has 0 aliphatic heterocycles. The van der Waals surface area contributed by atoms with Gasteiger partial charge in [-0.3, -0.25) is 4.79 Å². The number of aromatic nitrogens is 1. The van der Waals surface area contributed by atoms with E-state index in [2.05, 4.69) is 10.3 Å². The van der Waals surface area contributed by atoms with Crippen LogP contribution in [0.25, 0.3) is 10.6 Å². The summed E-state index contributed by atoms with van der Waals surface area (Å²) >= 11 is 7.51. The third kappa shape index (κ3) is 4.63. The zero-order valence-corrected chi connectivity index (χ0v) is 18.1. The lowest BCUT2D eigenvalue weighted by atomic mass is 10.2. The molecule has 3 rings (SSSR count). The van der Waals surface area contributed by atoms with Crippen molar-refractivity contribution in [3.8, 4) is 27.8 Å². The van der Waals surface area contributed by atoms with E-state index in [0.717, 1.165) is 16.3 Å². The molecule has 1 heterocycles. The molecule has 0 spiro atoms. The van der Waals surface area contributed by atoms with Crippen molar-refractivity contribution in [2.45, 2.75) is 13.8 Å². The molecular formula is C21H21ClN2O4S. The molecule has 0 unspecified atom stereocenters. The van der Waals surface area contributed by atoms with Crippen LogP contribution in [0.1, 0.15) is 22.3 Å². The fraction of sp³-hybridized carbons (Fsp3) is 0.238. The maximum atomic E-state index is 12.9. The van der Waals surface area contributed by atoms with E-state index < -0.39 is 0 Å².